The van der Waals surface area contributed by atoms with Crippen LogP contribution in [0.25, 0.3) is 10.8 Å². The van der Waals surface area contributed by atoms with Gasteiger partial charge in [0.15, 0.2) is 0 Å². The van der Waals surface area contributed by atoms with Crippen LogP contribution < -0.4 is 5.32 Å². The van der Waals surface area contributed by atoms with Gasteiger partial charge in [0.25, 0.3) is 0 Å². The molecule has 0 bridgehead atoms. The van der Waals surface area contributed by atoms with Crippen LogP contribution in [-0.2, 0) is 6.54 Å². The number of piperidine rings is 1. The van der Waals surface area contributed by atoms with E-state index in [-0.39, 0.29) is 0 Å². The van der Waals surface area contributed by atoms with Gasteiger partial charge in [-0.25, -0.2) is 0 Å². The maximum absolute atomic E-state index is 3.69. The predicted molar refractivity (Wildman–Crippen MR) is 81.3 cm³/mol. The van der Waals surface area contributed by atoms with E-state index in [9.17, 15) is 0 Å². The summed E-state index contributed by atoms with van der Waals surface area (Å²) in [4.78, 5) is 2.42. The summed E-state index contributed by atoms with van der Waals surface area (Å²) in [5.41, 5.74) is 1.38. The summed E-state index contributed by atoms with van der Waals surface area (Å²) < 4.78 is 0. The topological polar surface area (TPSA) is 15.3 Å². The molecule has 1 atom stereocenters. The smallest absolute Gasteiger partial charge is 0.0208 e. The fraction of sp³-hybridized carbons (Fsp3) is 0.412. The van der Waals surface area contributed by atoms with Crippen LogP contribution in [0.5, 0.6) is 0 Å². The highest BCUT2D eigenvalue weighted by Crippen LogP contribution is 2.16. The summed E-state index contributed by atoms with van der Waals surface area (Å²) in [6.45, 7) is 3.39. The van der Waals surface area contributed by atoms with Crippen LogP contribution in [0.4, 0.5) is 0 Å². The Kier molecular flexibility index (Phi) is 3.81. The molecule has 0 radical (unpaired) electrons. The van der Waals surface area contributed by atoms with Gasteiger partial charge in [-0.2, -0.15) is 0 Å². The maximum Gasteiger partial charge on any atom is 0.0208 e. The predicted octanol–water partition coefficient (Wildman–Crippen LogP) is 3.02. The SMILES string of the molecule is CN1CCCC(NCc2ccc3ccccc3c2)C1. The molecular formula is C17H22N2. The lowest BCUT2D eigenvalue weighted by Crippen LogP contribution is -2.43. The second kappa shape index (κ2) is 5.72. The molecule has 0 aliphatic carbocycles. The first-order valence-electron chi connectivity index (χ1n) is 7.21. The summed E-state index contributed by atoms with van der Waals surface area (Å²) in [5.74, 6) is 0. The van der Waals surface area contributed by atoms with E-state index in [0.717, 1.165) is 6.54 Å². The summed E-state index contributed by atoms with van der Waals surface area (Å²) >= 11 is 0. The van der Waals surface area contributed by atoms with Crippen molar-refractivity contribution in [3.63, 3.8) is 0 Å². The fourth-order valence-electron chi connectivity index (χ4n) is 2.94. The minimum Gasteiger partial charge on any atom is -0.309 e. The molecule has 1 aliphatic rings. The van der Waals surface area contributed by atoms with Gasteiger partial charge in [0.2, 0.25) is 0 Å². The highest BCUT2D eigenvalue weighted by Gasteiger charge is 2.16. The van der Waals surface area contributed by atoms with Crippen molar-refractivity contribution in [2.75, 3.05) is 20.1 Å². The first kappa shape index (κ1) is 12.6. The van der Waals surface area contributed by atoms with Gasteiger partial charge < -0.3 is 10.2 Å². The lowest BCUT2D eigenvalue weighted by atomic mass is 10.0. The number of rotatable bonds is 3. The van der Waals surface area contributed by atoms with Crippen LogP contribution in [0.1, 0.15) is 18.4 Å². The second-order valence-electron chi connectivity index (χ2n) is 5.66. The number of nitrogens with zero attached hydrogens (tertiary/aromatic N) is 1. The van der Waals surface area contributed by atoms with E-state index in [0.29, 0.717) is 6.04 Å². The Balaban J connectivity index is 1.64. The fourth-order valence-corrected chi connectivity index (χ4v) is 2.94. The molecule has 2 heteroatoms. The first-order chi connectivity index (χ1) is 9.31. The van der Waals surface area contributed by atoms with Crippen LogP contribution in [0.15, 0.2) is 42.5 Å². The molecule has 1 aliphatic heterocycles. The third-order valence-corrected chi connectivity index (χ3v) is 4.03. The highest BCUT2D eigenvalue weighted by molar-refractivity contribution is 5.82. The van der Waals surface area contributed by atoms with Gasteiger partial charge in [-0.1, -0.05) is 36.4 Å². The second-order valence-corrected chi connectivity index (χ2v) is 5.66. The van der Waals surface area contributed by atoms with Crippen molar-refractivity contribution >= 4 is 10.8 Å². The van der Waals surface area contributed by atoms with Crippen LogP contribution in [-0.4, -0.2) is 31.1 Å². The van der Waals surface area contributed by atoms with Crippen LogP contribution >= 0.6 is 0 Å². The van der Waals surface area contributed by atoms with Crippen LogP contribution in [0.2, 0.25) is 0 Å². The number of benzene rings is 2. The molecule has 19 heavy (non-hydrogen) atoms. The van der Waals surface area contributed by atoms with Gasteiger partial charge in [-0.3, -0.25) is 0 Å². The molecule has 0 saturated carbocycles. The molecule has 2 aromatic rings. The molecule has 1 unspecified atom stereocenters. The third kappa shape index (κ3) is 3.14. The highest BCUT2D eigenvalue weighted by atomic mass is 15.1. The Morgan fingerprint density at radius 3 is 2.84 bits per heavy atom. The van der Waals surface area contributed by atoms with Crippen molar-refractivity contribution in [1.82, 2.24) is 10.2 Å². The summed E-state index contributed by atoms with van der Waals surface area (Å²) in [5, 5.41) is 6.35. The zero-order valence-electron chi connectivity index (χ0n) is 11.6. The quantitative estimate of drug-likeness (QED) is 0.905. The number of hydrogen-bond acceptors (Lipinski definition) is 2. The molecule has 0 spiro atoms. The van der Waals surface area contributed by atoms with Crippen molar-refractivity contribution in [3.05, 3.63) is 48.0 Å². The molecule has 3 rings (SSSR count). The maximum atomic E-state index is 3.69. The van der Waals surface area contributed by atoms with Crippen molar-refractivity contribution in [2.45, 2.75) is 25.4 Å². The van der Waals surface area contributed by atoms with E-state index in [2.05, 4.69) is 59.7 Å². The van der Waals surface area contributed by atoms with Crippen molar-refractivity contribution in [1.29, 1.82) is 0 Å². The van der Waals surface area contributed by atoms with Gasteiger partial charge in [0.1, 0.15) is 0 Å². The zero-order valence-corrected chi connectivity index (χ0v) is 11.6. The summed E-state index contributed by atoms with van der Waals surface area (Å²) in [7, 11) is 2.21. The summed E-state index contributed by atoms with van der Waals surface area (Å²) in [6, 6.07) is 16.0. The average Bonchev–Trinajstić information content (AvgIpc) is 2.45. The molecule has 2 aromatic carbocycles. The van der Waals surface area contributed by atoms with Crippen LogP contribution in [0, 0.1) is 0 Å². The Hall–Kier alpha value is -1.38. The third-order valence-electron chi connectivity index (χ3n) is 4.03. The molecule has 100 valence electrons. The largest absolute Gasteiger partial charge is 0.309 e. The van der Waals surface area contributed by atoms with Crippen molar-refractivity contribution in [3.8, 4) is 0 Å². The minimum absolute atomic E-state index is 0.644. The van der Waals surface area contributed by atoms with Crippen LogP contribution in [0.3, 0.4) is 0 Å². The molecule has 2 nitrogen and oxygen atoms in total. The van der Waals surface area contributed by atoms with E-state index < -0.39 is 0 Å². The standard InChI is InChI=1S/C17H22N2/c1-19-10-4-7-17(13-19)18-12-14-8-9-15-5-2-3-6-16(15)11-14/h2-3,5-6,8-9,11,17-18H,4,7,10,12-13H2,1H3. The van der Waals surface area contributed by atoms with E-state index in [4.69, 9.17) is 0 Å². The van der Waals surface area contributed by atoms with E-state index >= 15 is 0 Å². The number of likely N-dealkylation sites (tertiary alicyclic amines) is 1. The van der Waals surface area contributed by atoms with Crippen molar-refractivity contribution in [2.24, 2.45) is 0 Å². The number of nitrogens with one attached hydrogen (secondary N) is 1. The molecule has 1 fully saturated rings. The molecule has 0 amide bonds. The van der Waals surface area contributed by atoms with Gasteiger partial charge in [-0.15, -0.1) is 0 Å². The lowest BCUT2D eigenvalue weighted by molar-refractivity contribution is 0.226. The minimum atomic E-state index is 0.644. The lowest BCUT2D eigenvalue weighted by Gasteiger charge is -2.30. The Morgan fingerprint density at radius 2 is 2.00 bits per heavy atom. The molecule has 1 heterocycles. The van der Waals surface area contributed by atoms with Gasteiger partial charge in [-0.05, 0) is 48.8 Å². The zero-order chi connectivity index (χ0) is 13.1. The molecule has 1 N–H and O–H groups in total. The number of likely N-dealkylation sites (N-methyl/N-ethyl adjacent to an activating group) is 1. The first-order valence-corrected chi connectivity index (χ1v) is 7.21. The Bertz CT molecular complexity index is 550. The van der Waals surface area contributed by atoms with Gasteiger partial charge >= 0.3 is 0 Å². The van der Waals surface area contributed by atoms with E-state index in [1.54, 1.807) is 0 Å². The average molecular weight is 254 g/mol. The number of hydrogen-bond donors (Lipinski definition) is 1. The number of fused-ring (bicyclic) bond motifs is 1. The molecule has 1 saturated heterocycles. The van der Waals surface area contributed by atoms with Crippen molar-refractivity contribution < 1.29 is 0 Å². The Morgan fingerprint density at radius 1 is 1.16 bits per heavy atom. The monoisotopic (exact) mass is 254 g/mol. The van der Waals surface area contributed by atoms with Gasteiger partial charge in [0, 0.05) is 19.1 Å². The summed E-state index contributed by atoms with van der Waals surface area (Å²) in [6.07, 6.45) is 2.61. The van der Waals surface area contributed by atoms with E-state index in [1.165, 1.54) is 42.3 Å². The normalized spacial score (nSPS) is 20.8. The molecular weight excluding hydrogens is 232 g/mol. The van der Waals surface area contributed by atoms with E-state index in [1.807, 2.05) is 0 Å². The Labute approximate surface area is 115 Å². The molecule has 0 aromatic heterocycles. The van der Waals surface area contributed by atoms with Gasteiger partial charge in [0.05, 0.1) is 0 Å².